The van der Waals surface area contributed by atoms with Crippen molar-refractivity contribution in [2.24, 2.45) is 10.6 Å². The number of rotatable bonds is 4. The van der Waals surface area contributed by atoms with Crippen LogP contribution >= 0.6 is 0 Å². The second-order valence-electron chi connectivity index (χ2n) is 10.7. The molecule has 34 heavy (non-hydrogen) atoms. The average molecular weight is 478 g/mol. The predicted molar refractivity (Wildman–Crippen MR) is 122 cm³/mol. The molecule has 3 saturated heterocycles. The molecule has 1 aromatic rings. The minimum atomic E-state index is -1.81. The summed E-state index contributed by atoms with van der Waals surface area (Å²) in [4.78, 5) is 22.1. The molecule has 0 aliphatic carbocycles. The molecule has 1 spiro atoms. The Morgan fingerprint density at radius 3 is 2.47 bits per heavy atom. The van der Waals surface area contributed by atoms with Gasteiger partial charge in [-0.15, -0.1) is 0 Å². The number of hydrogen-bond acceptors (Lipinski definition) is 6. The summed E-state index contributed by atoms with van der Waals surface area (Å²) in [6, 6.07) is 4.36. The van der Waals surface area contributed by atoms with E-state index in [4.69, 9.17) is 14.3 Å². The maximum absolute atomic E-state index is 15.7. The third kappa shape index (κ3) is 4.40. The maximum Gasteiger partial charge on any atom is 0.260 e. The summed E-state index contributed by atoms with van der Waals surface area (Å²) < 4.78 is 41.2. The standard InChI is InChI=1S/C25H33F2N3O4/c1-23(16-33-17-23)15-29-9-7-25(27,8-10-29)22(31)30-11-5-24(6-12-30)14-20(28-32-2)19-13-18(26)3-4-21(19)34-24/h3-4,13H,5-12,14-17H2,1-2H3/b28-20+. The van der Waals surface area contributed by atoms with E-state index in [1.807, 2.05) is 0 Å². The maximum atomic E-state index is 15.7. The summed E-state index contributed by atoms with van der Waals surface area (Å²) >= 11 is 0. The molecule has 3 fully saturated rings. The lowest BCUT2D eigenvalue weighted by Gasteiger charge is -2.47. The number of fused-ring (bicyclic) bond motifs is 1. The number of ether oxygens (including phenoxy) is 2. The summed E-state index contributed by atoms with van der Waals surface area (Å²) in [6.07, 6.45) is 2.02. The van der Waals surface area contributed by atoms with Gasteiger partial charge in [-0.25, -0.2) is 8.78 Å². The van der Waals surface area contributed by atoms with Crippen LogP contribution in [0, 0.1) is 11.2 Å². The van der Waals surface area contributed by atoms with Gasteiger partial charge in [0.25, 0.3) is 5.91 Å². The molecule has 0 aromatic heterocycles. The van der Waals surface area contributed by atoms with Gasteiger partial charge in [0.2, 0.25) is 0 Å². The molecule has 4 aliphatic rings. The Balaban J connectivity index is 1.21. The van der Waals surface area contributed by atoms with Crippen LogP contribution < -0.4 is 4.74 Å². The van der Waals surface area contributed by atoms with Crippen LogP contribution in [0.4, 0.5) is 8.78 Å². The lowest BCUT2D eigenvalue weighted by Crippen LogP contribution is -2.58. The first-order valence-electron chi connectivity index (χ1n) is 12.1. The fourth-order valence-electron chi connectivity index (χ4n) is 5.72. The van der Waals surface area contributed by atoms with Crippen LogP contribution in [0.2, 0.25) is 0 Å². The van der Waals surface area contributed by atoms with Gasteiger partial charge in [-0.3, -0.25) is 4.79 Å². The Kier molecular flexibility index (Phi) is 6.04. The van der Waals surface area contributed by atoms with E-state index in [1.54, 1.807) is 11.0 Å². The highest BCUT2D eigenvalue weighted by Gasteiger charge is 2.49. The molecule has 7 nitrogen and oxygen atoms in total. The lowest BCUT2D eigenvalue weighted by molar-refractivity contribution is -0.153. The number of carbonyl (C=O) groups is 1. The van der Waals surface area contributed by atoms with Crippen LogP contribution in [0.1, 0.15) is 44.6 Å². The zero-order chi connectivity index (χ0) is 24.0. The Hall–Kier alpha value is -2.26. The summed E-state index contributed by atoms with van der Waals surface area (Å²) in [5, 5.41) is 4.11. The first kappa shape index (κ1) is 23.5. The average Bonchev–Trinajstić information content (AvgIpc) is 2.80. The highest BCUT2D eigenvalue weighted by molar-refractivity contribution is 6.04. The van der Waals surface area contributed by atoms with Gasteiger partial charge in [0, 0.05) is 75.8 Å². The lowest BCUT2D eigenvalue weighted by atomic mass is 9.81. The first-order valence-corrected chi connectivity index (χ1v) is 12.1. The van der Waals surface area contributed by atoms with Crippen LogP contribution in [-0.2, 0) is 14.4 Å². The van der Waals surface area contributed by atoms with Gasteiger partial charge in [0.05, 0.1) is 18.9 Å². The highest BCUT2D eigenvalue weighted by atomic mass is 19.1. The number of piperidine rings is 2. The second-order valence-corrected chi connectivity index (χ2v) is 10.7. The van der Waals surface area contributed by atoms with Crippen molar-refractivity contribution in [2.75, 3.05) is 53.0 Å². The molecule has 0 bridgehead atoms. The number of carbonyl (C=O) groups excluding carboxylic acids is 1. The van der Waals surface area contributed by atoms with Gasteiger partial charge in [-0.1, -0.05) is 12.1 Å². The fourth-order valence-corrected chi connectivity index (χ4v) is 5.72. The van der Waals surface area contributed by atoms with Crippen molar-refractivity contribution in [2.45, 2.75) is 50.3 Å². The number of benzene rings is 1. The van der Waals surface area contributed by atoms with E-state index >= 15 is 4.39 Å². The van der Waals surface area contributed by atoms with Gasteiger partial charge in [-0.05, 0) is 18.2 Å². The Bertz CT molecular complexity index is 965. The molecule has 0 N–H and O–H groups in total. The van der Waals surface area contributed by atoms with Gasteiger partial charge >= 0.3 is 0 Å². The van der Waals surface area contributed by atoms with Crippen molar-refractivity contribution in [3.8, 4) is 5.75 Å². The molecular weight excluding hydrogens is 444 g/mol. The third-order valence-electron chi connectivity index (χ3n) is 7.77. The van der Waals surface area contributed by atoms with Crippen LogP contribution in [0.15, 0.2) is 23.4 Å². The van der Waals surface area contributed by atoms with Crippen molar-refractivity contribution in [1.82, 2.24) is 9.80 Å². The molecular formula is C25H33F2N3O4. The van der Waals surface area contributed by atoms with Gasteiger partial charge < -0.3 is 24.1 Å². The summed E-state index contributed by atoms with van der Waals surface area (Å²) in [5.41, 5.74) is -1.01. The Morgan fingerprint density at radius 1 is 1.15 bits per heavy atom. The topological polar surface area (TPSA) is 63.6 Å². The van der Waals surface area contributed by atoms with E-state index < -0.39 is 17.2 Å². The molecule has 1 aromatic carbocycles. The minimum absolute atomic E-state index is 0.150. The number of halogens is 2. The number of oxime groups is 1. The SMILES string of the molecule is CO/N=C1\CC2(CCN(C(=O)C3(F)CCN(CC4(C)COC4)CC3)CC2)Oc2ccc(F)cc21. The van der Waals surface area contributed by atoms with Gasteiger partial charge in [0.1, 0.15) is 24.3 Å². The first-order chi connectivity index (χ1) is 16.2. The zero-order valence-corrected chi connectivity index (χ0v) is 19.9. The smallest absolute Gasteiger partial charge is 0.260 e. The number of nitrogens with zero attached hydrogens (tertiary/aromatic N) is 3. The van der Waals surface area contributed by atoms with E-state index in [0.29, 0.717) is 62.5 Å². The molecule has 0 atom stereocenters. The number of alkyl halides is 1. The van der Waals surface area contributed by atoms with Crippen LogP contribution in [0.25, 0.3) is 0 Å². The quantitative estimate of drug-likeness (QED) is 0.624. The molecule has 0 unspecified atom stereocenters. The number of hydrogen-bond donors (Lipinski definition) is 0. The summed E-state index contributed by atoms with van der Waals surface area (Å²) in [7, 11) is 1.46. The number of amides is 1. The molecule has 0 saturated carbocycles. The molecule has 5 rings (SSSR count). The predicted octanol–water partition coefficient (Wildman–Crippen LogP) is 3.16. The molecule has 1 amide bonds. The summed E-state index contributed by atoms with van der Waals surface area (Å²) in [5.74, 6) is -0.204. The van der Waals surface area contributed by atoms with Gasteiger partial charge in [-0.2, -0.15) is 0 Å². The fraction of sp³-hybridized carbons (Fsp3) is 0.680. The third-order valence-corrected chi connectivity index (χ3v) is 7.77. The summed E-state index contributed by atoms with van der Waals surface area (Å²) in [6.45, 7) is 6.58. The van der Waals surface area contributed by atoms with Crippen molar-refractivity contribution in [3.05, 3.63) is 29.6 Å². The van der Waals surface area contributed by atoms with Crippen molar-refractivity contribution < 1.29 is 27.9 Å². The molecule has 4 heterocycles. The van der Waals surface area contributed by atoms with Crippen molar-refractivity contribution in [1.29, 1.82) is 0 Å². The van der Waals surface area contributed by atoms with Crippen molar-refractivity contribution in [3.63, 3.8) is 0 Å². The van der Waals surface area contributed by atoms with Gasteiger partial charge in [0.15, 0.2) is 5.67 Å². The van der Waals surface area contributed by atoms with E-state index in [2.05, 4.69) is 17.0 Å². The normalized spacial score (nSPS) is 26.5. The van der Waals surface area contributed by atoms with E-state index in [-0.39, 0.29) is 24.1 Å². The van der Waals surface area contributed by atoms with E-state index in [1.165, 1.54) is 19.2 Å². The second kappa shape index (κ2) is 8.75. The Labute approximate surface area is 199 Å². The van der Waals surface area contributed by atoms with E-state index in [0.717, 1.165) is 19.8 Å². The molecule has 0 radical (unpaired) electrons. The zero-order valence-electron chi connectivity index (χ0n) is 19.9. The molecule has 9 heteroatoms. The van der Waals surface area contributed by atoms with Crippen LogP contribution in [0.3, 0.4) is 0 Å². The number of likely N-dealkylation sites (tertiary alicyclic amines) is 2. The van der Waals surface area contributed by atoms with E-state index in [9.17, 15) is 9.18 Å². The largest absolute Gasteiger partial charge is 0.486 e. The Morgan fingerprint density at radius 2 is 1.85 bits per heavy atom. The minimum Gasteiger partial charge on any atom is -0.486 e. The van der Waals surface area contributed by atoms with Crippen LogP contribution in [0.5, 0.6) is 5.75 Å². The van der Waals surface area contributed by atoms with Crippen molar-refractivity contribution >= 4 is 11.6 Å². The molecule has 186 valence electrons. The molecule has 4 aliphatic heterocycles. The monoisotopic (exact) mass is 477 g/mol. The highest BCUT2D eigenvalue weighted by Crippen LogP contribution is 2.41. The van der Waals surface area contributed by atoms with Crippen LogP contribution in [-0.4, -0.2) is 85.7 Å².